The Balaban J connectivity index is 1.73. The summed E-state index contributed by atoms with van der Waals surface area (Å²) in [6, 6.07) is 7.82. The van der Waals surface area contributed by atoms with Crippen molar-refractivity contribution in [3.8, 4) is 17.2 Å². The molecule has 0 saturated carbocycles. The van der Waals surface area contributed by atoms with Crippen molar-refractivity contribution in [1.82, 2.24) is 9.47 Å². The average Bonchev–Trinajstić information content (AvgIpc) is 3.25. The van der Waals surface area contributed by atoms with E-state index in [1.807, 2.05) is 38.1 Å². The van der Waals surface area contributed by atoms with Gasteiger partial charge in [0.2, 0.25) is 6.79 Å². The predicted octanol–water partition coefficient (Wildman–Crippen LogP) is 3.88. The van der Waals surface area contributed by atoms with Crippen LogP contribution in [0.25, 0.3) is 11.8 Å². The number of rotatable bonds is 3. The fraction of sp³-hybridized carbons (Fsp3) is 0.263. The minimum atomic E-state index is -0.226. The highest BCUT2D eigenvalue weighted by Crippen LogP contribution is 2.36. The normalized spacial score (nSPS) is 17.7. The zero-order valence-corrected chi connectivity index (χ0v) is 15.6. The maximum atomic E-state index is 12.3. The topological polar surface area (TPSA) is 60.8 Å². The van der Waals surface area contributed by atoms with Crippen molar-refractivity contribution in [3.05, 3.63) is 46.1 Å². The lowest BCUT2D eigenvalue weighted by Crippen LogP contribution is -2.27. The Morgan fingerprint density at radius 1 is 1.15 bits per heavy atom. The van der Waals surface area contributed by atoms with Crippen LogP contribution in [0.1, 0.15) is 23.9 Å². The van der Waals surface area contributed by atoms with Crippen LogP contribution in [-0.4, -0.2) is 34.0 Å². The Morgan fingerprint density at radius 2 is 1.92 bits per heavy atom. The lowest BCUT2D eigenvalue weighted by Gasteiger charge is -2.10. The third kappa shape index (κ3) is 2.59. The predicted molar refractivity (Wildman–Crippen MR) is 99.7 cm³/mol. The summed E-state index contributed by atoms with van der Waals surface area (Å²) in [5.41, 5.74) is 3.90. The lowest BCUT2D eigenvalue weighted by atomic mass is 10.2. The molecule has 1 aromatic carbocycles. The molecule has 4 rings (SSSR count). The first kappa shape index (κ1) is 16.8. The molecule has 26 heavy (non-hydrogen) atoms. The summed E-state index contributed by atoms with van der Waals surface area (Å²) in [4.78, 5) is 25.9. The fourth-order valence-corrected chi connectivity index (χ4v) is 4.16. The number of amides is 2. The number of benzene rings is 1. The molecule has 2 aliphatic rings. The fourth-order valence-electron chi connectivity index (χ4n) is 3.27. The second kappa shape index (κ2) is 6.25. The molecule has 0 unspecified atom stereocenters. The monoisotopic (exact) mass is 370 g/mol. The van der Waals surface area contributed by atoms with Crippen LogP contribution in [-0.2, 0) is 4.79 Å². The zero-order chi connectivity index (χ0) is 18.4. The number of carbonyl (C=O) groups excluding carboxylic acids is 2. The maximum absolute atomic E-state index is 12.3. The van der Waals surface area contributed by atoms with Gasteiger partial charge in [-0.15, -0.1) is 0 Å². The molecule has 0 aliphatic carbocycles. The van der Waals surface area contributed by atoms with Crippen LogP contribution in [0.4, 0.5) is 4.79 Å². The largest absolute Gasteiger partial charge is 0.454 e. The molecule has 7 heteroatoms. The summed E-state index contributed by atoms with van der Waals surface area (Å²) in [6.07, 6.45) is 1.80. The molecule has 134 valence electrons. The number of carbonyl (C=O) groups is 2. The standard InChI is InChI=1S/C19H18N2O4S/c1-4-20-18(22)17(26-19(20)23)8-13-7-11(2)21(12(13)3)14-5-6-15-16(9-14)25-10-24-15/h5-9H,4,10H2,1-3H3/b17-8+. The van der Waals surface area contributed by atoms with Crippen LogP contribution in [0.3, 0.4) is 0 Å². The van der Waals surface area contributed by atoms with Gasteiger partial charge in [0.25, 0.3) is 11.1 Å². The molecule has 1 fully saturated rings. The van der Waals surface area contributed by atoms with Crippen LogP contribution in [0.2, 0.25) is 0 Å². The number of hydrogen-bond acceptors (Lipinski definition) is 5. The van der Waals surface area contributed by atoms with E-state index in [9.17, 15) is 9.59 Å². The smallest absolute Gasteiger partial charge is 0.293 e. The van der Waals surface area contributed by atoms with E-state index in [1.165, 1.54) is 4.90 Å². The van der Waals surface area contributed by atoms with Crippen molar-refractivity contribution < 1.29 is 19.1 Å². The maximum Gasteiger partial charge on any atom is 0.293 e. The van der Waals surface area contributed by atoms with Gasteiger partial charge in [-0.2, -0.15) is 0 Å². The number of ether oxygens (including phenoxy) is 2. The summed E-state index contributed by atoms with van der Waals surface area (Å²) in [7, 11) is 0. The van der Waals surface area contributed by atoms with E-state index in [2.05, 4.69) is 4.57 Å². The molecule has 0 N–H and O–H groups in total. The Morgan fingerprint density at radius 3 is 2.65 bits per heavy atom. The SMILES string of the molecule is CCN1C(=O)S/C(=C/c2cc(C)n(-c3ccc4c(c3)OCO4)c2C)C1=O. The van der Waals surface area contributed by atoms with E-state index in [4.69, 9.17) is 9.47 Å². The number of fused-ring (bicyclic) bond motifs is 1. The highest BCUT2D eigenvalue weighted by Gasteiger charge is 2.34. The molecule has 0 bridgehead atoms. The van der Waals surface area contributed by atoms with Crippen LogP contribution in [0.5, 0.6) is 11.5 Å². The van der Waals surface area contributed by atoms with Crippen molar-refractivity contribution in [2.75, 3.05) is 13.3 Å². The summed E-state index contributed by atoms with van der Waals surface area (Å²) in [6.45, 7) is 6.42. The minimum Gasteiger partial charge on any atom is -0.454 e. The van der Waals surface area contributed by atoms with Crippen LogP contribution >= 0.6 is 11.8 Å². The van der Waals surface area contributed by atoms with Gasteiger partial charge >= 0.3 is 0 Å². The first-order valence-electron chi connectivity index (χ1n) is 8.34. The molecule has 0 atom stereocenters. The Bertz CT molecular complexity index is 961. The number of likely N-dealkylation sites (N-methyl/N-ethyl adjacent to an activating group) is 1. The number of imide groups is 1. The molecule has 6 nitrogen and oxygen atoms in total. The van der Waals surface area contributed by atoms with Crippen molar-refractivity contribution in [1.29, 1.82) is 0 Å². The third-order valence-corrected chi connectivity index (χ3v) is 5.47. The van der Waals surface area contributed by atoms with Crippen molar-refractivity contribution in [2.24, 2.45) is 0 Å². The molecular formula is C19H18N2O4S. The second-order valence-electron chi connectivity index (χ2n) is 6.13. The minimum absolute atomic E-state index is 0.215. The molecule has 3 heterocycles. The second-order valence-corrected chi connectivity index (χ2v) is 7.12. The van der Waals surface area contributed by atoms with E-state index in [0.717, 1.165) is 45.9 Å². The molecule has 2 aliphatic heterocycles. The molecular weight excluding hydrogens is 352 g/mol. The average molecular weight is 370 g/mol. The molecule has 2 aromatic rings. The van der Waals surface area contributed by atoms with E-state index in [-0.39, 0.29) is 17.9 Å². The highest BCUT2D eigenvalue weighted by molar-refractivity contribution is 8.18. The first-order valence-corrected chi connectivity index (χ1v) is 9.15. The van der Waals surface area contributed by atoms with Crippen molar-refractivity contribution in [3.63, 3.8) is 0 Å². The van der Waals surface area contributed by atoms with Crippen molar-refractivity contribution >= 4 is 29.0 Å². The van der Waals surface area contributed by atoms with Crippen molar-refractivity contribution in [2.45, 2.75) is 20.8 Å². The number of aromatic nitrogens is 1. The molecule has 1 aromatic heterocycles. The molecule has 1 saturated heterocycles. The Hall–Kier alpha value is -2.67. The van der Waals surface area contributed by atoms with Crippen LogP contribution in [0, 0.1) is 13.8 Å². The van der Waals surface area contributed by atoms with Gasteiger partial charge in [0.1, 0.15) is 0 Å². The Labute approximate surface area is 155 Å². The van der Waals surface area contributed by atoms with E-state index < -0.39 is 0 Å². The highest BCUT2D eigenvalue weighted by atomic mass is 32.2. The van der Waals surface area contributed by atoms with Gasteiger partial charge in [0.05, 0.1) is 4.91 Å². The molecule has 2 amide bonds. The summed E-state index contributed by atoms with van der Waals surface area (Å²) in [5, 5.41) is -0.215. The Kier molecular flexibility index (Phi) is 4.03. The van der Waals surface area contributed by atoms with E-state index in [0.29, 0.717) is 11.4 Å². The molecule has 0 radical (unpaired) electrons. The van der Waals surface area contributed by atoms with Gasteiger partial charge in [-0.05, 0) is 62.4 Å². The lowest BCUT2D eigenvalue weighted by molar-refractivity contribution is -0.122. The van der Waals surface area contributed by atoms with Gasteiger partial charge in [0.15, 0.2) is 11.5 Å². The van der Waals surface area contributed by atoms with E-state index >= 15 is 0 Å². The quantitative estimate of drug-likeness (QED) is 0.768. The molecule has 0 spiro atoms. The summed E-state index contributed by atoms with van der Waals surface area (Å²) in [5.74, 6) is 1.24. The van der Waals surface area contributed by atoms with Crippen LogP contribution < -0.4 is 9.47 Å². The van der Waals surface area contributed by atoms with E-state index in [1.54, 1.807) is 13.0 Å². The van der Waals surface area contributed by atoms with Crippen LogP contribution in [0.15, 0.2) is 29.2 Å². The number of nitrogens with zero attached hydrogens (tertiary/aromatic N) is 2. The van der Waals surface area contributed by atoms with Gasteiger partial charge in [0, 0.05) is 29.7 Å². The number of hydrogen-bond donors (Lipinski definition) is 0. The van der Waals surface area contributed by atoms with Gasteiger partial charge in [-0.3, -0.25) is 14.5 Å². The first-order chi connectivity index (χ1) is 12.5. The van der Waals surface area contributed by atoms with Gasteiger partial charge in [-0.1, -0.05) is 0 Å². The zero-order valence-electron chi connectivity index (χ0n) is 14.7. The number of thioether (sulfide) groups is 1. The van der Waals surface area contributed by atoms with Gasteiger partial charge < -0.3 is 14.0 Å². The summed E-state index contributed by atoms with van der Waals surface area (Å²) >= 11 is 0.990. The van der Waals surface area contributed by atoms with Gasteiger partial charge in [-0.25, -0.2) is 0 Å². The third-order valence-electron chi connectivity index (χ3n) is 4.56. The number of aryl methyl sites for hydroxylation is 1. The summed E-state index contributed by atoms with van der Waals surface area (Å²) < 4.78 is 12.9.